The van der Waals surface area contributed by atoms with E-state index in [1.807, 2.05) is 72.8 Å². The van der Waals surface area contributed by atoms with Gasteiger partial charge in [-0.1, -0.05) is 60.7 Å². The molecule has 0 fully saturated rings. The van der Waals surface area contributed by atoms with Gasteiger partial charge < -0.3 is 5.32 Å². The van der Waals surface area contributed by atoms with Gasteiger partial charge in [0.05, 0.1) is 6.42 Å². The molecule has 6 nitrogen and oxygen atoms in total. The fourth-order valence-corrected chi connectivity index (χ4v) is 2.84. The SMILES string of the molecule is O=C(Cc1ccccc1)n1nc(-c2cccnc2)nc1NCc1ccccc1. The van der Waals surface area contributed by atoms with Crippen LogP contribution in [0.3, 0.4) is 0 Å². The molecule has 0 saturated heterocycles. The summed E-state index contributed by atoms with van der Waals surface area (Å²) in [5.41, 5.74) is 2.78. The summed E-state index contributed by atoms with van der Waals surface area (Å²) >= 11 is 0. The molecule has 1 N–H and O–H groups in total. The first-order valence-corrected chi connectivity index (χ1v) is 9.02. The van der Waals surface area contributed by atoms with E-state index in [2.05, 4.69) is 20.4 Å². The van der Waals surface area contributed by atoms with Crippen LogP contribution in [0.2, 0.25) is 0 Å². The summed E-state index contributed by atoms with van der Waals surface area (Å²) in [5.74, 6) is 0.734. The molecular formula is C22H19N5O. The Morgan fingerprint density at radius 3 is 2.29 bits per heavy atom. The molecular weight excluding hydrogens is 350 g/mol. The molecule has 2 heterocycles. The minimum Gasteiger partial charge on any atom is -0.350 e. The fraction of sp³-hybridized carbons (Fsp3) is 0.0909. The van der Waals surface area contributed by atoms with Crippen molar-refractivity contribution in [2.24, 2.45) is 0 Å². The molecule has 2 aromatic heterocycles. The molecule has 0 aliphatic heterocycles. The Hall–Kier alpha value is -3.80. The van der Waals surface area contributed by atoms with E-state index in [4.69, 9.17) is 0 Å². The number of nitrogens with zero attached hydrogens (tertiary/aromatic N) is 4. The Bertz CT molecular complexity index is 1050. The number of hydrogen-bond donors (Lipinski definition) is 1. The van der Waals surface area contributed by atoms with Crippen molar-refractivity contribution in [3.63, 3.8) is 0 Å². The predicted molar refractivity (Wildman–Crippen MR) is 108 cm³/mol. The van der Waals surface area contributed by atoms with E-state index in [0.717, 1.165) is 16.7 Å². The monoisotopic (exact) mass is 369 g/mol. The molecule has 0 amide bonds. The molecule has 0 aliphatic rings. The van der Waals surface area contributed by atoms with E-state index in [0.29, 0.717) is 18.3 Å². The average molecular weight is 369 g/mol. The molecule has 0 unspecified atom stereocenters. The van der Waals surface area contributed by atoms with Gasteiger partial charge in [0, 0.05) is 24.5 Å². The number of carbonyl (C=O) groups is 1. The molecule has 0 atom stereocenters. The largest absolute Gasteiger partial charge is 0.350 e. The minimum atomic E-state index is -0.149. The van der Waals surface area contributed by atoms with Crippen molar-refractivity contribution < 1.29 is 4.79 Å². The maximum atomic E-state index is 12.9. The topological polar surface area (TPSA) is 72.7 Å². The van der Waals surface area contributed by atoms with Crippen molar-refractivity contribution in [1.82, 2.24) is 19.7 Å². The van der Waals surface area contributed by atoms with Gasteiger partial charge in [-0.25, -0.2) is 0 Å². The van der Waals surface area contributed by atoms with Gasteiger partial charge in [0.1, 0.15) is 0 Å². The predicted octanol–water partition coefficient (Wildman–Crippen LogP) is 3.84. The number of nitrogens with one attached hydrogen (secondary N) is 1. The van der Waals surface area contributed by atoms with Gasteiger partial charge in [-0.05, 0) is 23.3 Å². The third kappa shape index (κ3) is 4.12. The molecule has 0 bridgehead atoms. The standard InChI is InChI=1S/C22H19N5O/c28-20(14-17-8-3-1-4-9-17)27-22(24-15-18-10-5-2-6-11-18)25-21(26-27)19-12-7-13-23-16-19/h1-13,16H,14-15H2,(H,24,25,26). The van der Waals surface area contributed by atoms with E-state index < -0.39 is 0 Å². The van der Waals surface area contributed by atoms with Crippen LogP contribution in [0.1, 0.15) is 15.9 Å². The summed E-state index contributed by atoms with van der Waals surface area (Å²) < 4.78 is 1.35. The van der Waals surface area contributed by atoms with Crippen molar-refractivity contribution in [1.29, 1.82) is 0 Å². The van der Waals surface area contributed by atoms with E-state index in [-0.39, 0.29) is 12.3 Å². The highest BCUT2D eigenvalue weighted by Gasteiger charge is 2.17. The van der Waals surface area contributed by atoms with Gasteiger partial charge in [-0.3, -0.25) is 9.78 Å². The summed E-state index contributed by atoms with van der Waals surface area (Å²) in [6.07, 6.45) is 3.62. The minimum absolute atomic E-state index is 0.149. The molecule has 6 heteroatoms. The second-order valence-corrected chi connectivity index (χ2v) is 6.31. The number of aromatic nitrogens is 4. The zero-order valence-electron chi connectivity index (χ0n) is 15.2. The first-order valence-electron chi connectivity index (χ1n) is 9.02. The smallest absolute Gasteiger partial charge is 0.254 e. The molecule has 0 radical (unpaired) electrons. The molecule has 138 valence electrons. The van der Waals surface area contributed by atoms with E-state index in [9.17, 15) is 4.79 Å². The van der Waals surface area contributed by atoms with Gasteiger partial charge in [-0.15, -0.1) is 5.10 Å². The van der Waals surface area contributed by atoms with Gasteiger partial charge in [0.25, 0.3) is 5.91 Å². The van der Waals surface area contributed by atoms with E-state index >= 15 is 0 Å². The lowest BCUT2D eigenvalue weighted by Gasteiger charge is -2.07. The fourth-order valence-electron chi connectivity index (χ4n) is 2.84. The van der Waals surface area contributed by atoms with Crippen LogP contribution in [0, 0.1) is 0 Å². The average Bonchev–Trinajstić information content (AvgIpc) is 3.19. The van der Waals surface area contributed by atoms with Crippen LogP contribution in [0.15, 0.2) is 85.2 Å². The third-order valence-corrected chi connectivity index (χ3v) is 4.25. The summed E-state index contributed by atoms with van der Waals surface area (Å²) in [4.78, 5) is 21.5. The second kappa shape index (κ2) is 8.26. The molecule has 0 spiro atoms. The molecule has 2 aromatic carbocycles. The highest BCUT2D eigenvalue weighted by molar-refractivity contribution is 5.83. The summed E-state index contributed by atoms with van der Waals surface area (Å²) in [5, 5.41) is 7.68. The number of carbonyl (C=O) groups excluding carboxylic acids is 1. The first-order chi connectivity index (χ1) is 13.8. The van der Waals surface area contributed by atoms with Crippen molar-refractivity contribution in [3.8, 4) is 11.4 Å². The Balaban J connectivity index is 1.62. The van der Waals surface area contributed by atoms with Crippen LogP contribution in [0.25, 0.3) is 11.4 Å². The Morgan fingerprint density at radius 2 is 1.61 bits per heavy atom. The zero-order chi connectivity index (χ0) is 19.2. The van der Waals surface area contributed by atoms with Gasteiger partial charge in [0.15, 0.2) is 5.82 Å². The number of benzene rings is 2. The summed E-state index contributed by atoms with van der Waals surface area (Å²) in [7, 11) is 0. The number of anilines is 1. The van der Waals surface area contributed by atoms with Crippen LogP contribution in [-0.2, 0) is 13.0 Å². The molecule has 4 aromatic rings. The summed E-state index contributed by atoms with van der Waals surface area (Å²) in [6, 6.07) is 23.2. The number of hydrogen-bond acceptors (Lipinski definition) is 5. The maximum absolute atomic E-state index is 12.9. The van der Waals surface area contributed by atoms with Crippen LogP contribution >= 0.6 is 0 Å². The number of rotatable bonds is 6. The lowest BCUT2D eigenvalue weighted by molar-refractivity contribution is 0.0901. The highest BCUT2D eigenvalue weighted by Crippen LogP contribution is 2.18. The van der Waals surface area contributed by atoms with Crippen molar-refractivity contribution in [2.75, 3.05) is 5.32 Å². The zero-order valence-corrected chi connectivity index (χ0v) is 15.2. The Labute approximate surface area is 162 Å². The van der Waals surface area contributed by atoms with Crippen molar-refractivity contribution >= 4 is 11.9 Å². The van der Waals surface area contributed by atoms with Gasteiger partial charge in [0.2, 0.25) is 5.95 Å². The van der Waals surface area contributed by atoms with Gasteiger partial charge >= 0.3 is 0 Å². The van der Waals surface area contributed by atoms with Crippen LogP contribution in [0.5, 0.6) is 0 Å². The highest BCUT2D eigenvalue weighted by atomic mass is 16.2. The molecule has 4 rings (SSSR count). The summed E-state index contributed by atoms with van der Waals surface area (Å²) in [6.45, 7) is 0.546. The Kier molecular flexibility index (Phi) is 5.20. The lowest BCUT2D eigenvalue weighted by atomic mass is 10.1. The van der Waals surface area contributed by atoms with E-state index in [1.165, 1.54) is 4.68 Å². The van der Waals surface area contributed by atoms with Crippen molar-refractivity contribution in [2.45, 2.75) is 13.0 Å². The van der Waals surface area contributed by atoms with Crippen LogP contribution < -0.4 is 5.32 Å². The normalized spacial score (nSPS) is 10.6. The first kappa shape index (κ1) is 17.6. The van der Waals surface area contributed by atoms with Crippen LogP contribution in [-0.4, -0.2) is 25.7 Å². The van der Waals surface area contributed by atoms with Crippen molar-refractivity contribution in [3.05, 3.63) is 96.3 Å². The van der Waals surface area contributed by atoms with Crippen LogP contribution in [0.4, 0.5) is 5.95 Å². The number of pyridine rings is 1. The quantitative estimate of drug-likeness (QED) is 0.559. The molecule has 28 heavy (non-hydrogen) atoms. The van der Waals surface area contributed by atoms with E-state index in [1.54, 1.807) is 12.4 Å². The molecule has 0 saturated carbocycles. The Morgan fingerprint density at radius 1 is 0.893 bits per heavy atom. The van der Waals surface area contributed by atoms with Gasteiger partial charge in [-0.2, -0.15) is 9.67 Å². The lowest BCUT2D eigenvalue weighted by Crippen LogP contribution is -2.18. The third-order valence-electron chi connectivity index (χ3n) is 4.25. The second-order valence-electron chi connectivity index (χ2n) is 6.31. The molecule has 0 aliphatic carbocycles. The maximum Gasteiger partial charge on any atom is 0.254 e.